The Morgan fingerprint density at radius 3 is 2.17 bits per heavy atom. The van der Waals surface area contributed by atoms with Gasteiger partial charge in [-0.25, -0.2) is 8.78 Å². The summed E-state index contributed by atoms with van der Waals surface area (Å²) in [6, 6.07) is 11.6. The third kappa shape index (κ3) is 5.55. The molecule has 0 aromatic heterocycles. The Morgan fingerprint density at radius 2 is 1.57 bits per heavy atom. The molecule has 0 bridgehead atoms. The topological polar surface area (TPSA) is 0 Å². The monoisotopic (exact) mass is 324 g/mol. The van der Waals surface area contributed by atoms with Gasteiger partial charge in [0.05, 0.1) is 0 Å². The van der Waals surface area contributed by atoms with Gasteiger partial charge in [0, 0.05) is 6.08 Å². The van der Waals surface area contributed by atoms with Crippen LogP contribution in [0.3, 0.4) is 0 Å². The lowest BCUT2D eigenvalue weighted by molar-refractivity contribution is -0.0800. The third-order valence-corrected chi connectivity index (χ3v) is 3.45. The molecular weight excluding hydrogens is 310 g/mol. The molecule has 0 nitrogen and oxygen atoms in total. The van der Waals surface area contributed by atoms with Crippen LogP contribution in [0.1, 0.15) is 6.42 Å². The molecule has 0 heterocycles. The Bertz CT molecular complexity index is 661. The van der Waals surface area contributed by atoms with E-state index in [0.29, 0.717) is 11.8 Å². The number of alkyl halides is 3. The molecule has 2 aromatic carbocycles. The van der Waals surface area contributed by atoms with Crippen molar-refractivity contribution in [1.82, 2.24) is 0 Å². The van der Waals surface area contributed by atoms with Crippen molar-refractivity contribution in [2.75, 3.05) is 0 Å². The summed E-state index contributed by atoms with van der Waals surface area (Å²) in [5.41, 5.74) is 1.38. The van der Waals surface area contributed by atoms with Gasteiger partial charge in [-0.1, -0.05) is 47.6 Å². The van der Waals surface area contributed by atoms with E-state index in [1.54, 1.807) is 24.3 Å². The van der Waals surface area contributed by atoms with E-state index < -0.39 is 17.8 Å². The molecule has 0 saturated heterocycles. The van der Waals surface area contributed by atoms with E-state index in [4.69, 9.17) is 0 Å². The fourth-order valence-corrected chi connectivity index (χ4v) is 2.42. The normalized spacial score (nSPS) is 11.9. The van der Waals surface area contributed by atoms with Crippen LogP contribution in [0, 0.1) is 11.6 Å². The third-order valence-electron chi connectivity index (χ3n) is 3.45. The van der Waals surface area contributed by atoms with E-state index >= 15 is 0 Å². The van der Waals surface area contributed by atoms with E-state index in [2.05, 4.69) is 0 Å². The van der Waals surface area contributed by atoms with Crippen molar-refractivity contribution in [1.29, 1.82) is 0 Å². The molecule has 0 spiro atoms. The van der Waals surface area contributed by atoms with Gasteiger partial charge in [0.1, 0.15) is 11.6 Å². The Balaban J connectivity index is 2.21. The zero-order valence-corrected chi connectivity index (χ0v) is 12.2. The van der Waals surface area contributed by atoms with Gasteiger partial charge in [-0.15, -0.1) is 0 Å². The van der Waals surface area contributed by atoms with Crippen LogP contribution in [-0.4, -0.2) is 12.9 Å². The van der Waals surface area contributed by atoms with Crippen molar-refractivity contribution in [2.24, 2.45) is 0 Å². The van der Waals surface area contributed by atoms with Gasteiger partial charge in [0.15, 0.2) is 0 Å². The molecule has 120 valence electrons. The van der Waals surface area contributed by atoms with Crippen LogP contribution in [0.2, 0.25) is 6.32 Å². The minimum absolute atomic E-state index is 0.179. The second kappa shape index (κ2) is 7.44. The van der Waals surface area contributed by atoms with E-state index in [-0.39, 0.29) is 19.2 Å². The molecular formula is C17H14BF5. The van der Waals surface area contributed by atoms with Crippen molar-refractivity contribution < 1.29 is 22.0 Å². The van der Waals surface area contributed by atoms with Crippen LogP contribution in [0.25, 0.3) is 0 Å². The molecule has 0 saturated carbocycles. The van der Waals surface area contributed by atoms with Crippen LogP contribution in [0.5, 0.6) is 0 Å². The average Bonchev–Trinajstić information content (AvgIpc) is 2.47. The lowest BCUT2D eigenvalue weighted by Gasteiger charge is -2.14. The lowest BCUT2D eigenvalue weighted by Crippen LogP contribution is -2.42. The first kappa shape index (κ1) is 17.3. The Morgan fingerprint density at radius 1 is 0.870 bits per heavy atom. The average molecular weight is 324 g/mol. The first-order valence-corrected chi connectivity index (χ1v) is 7.10. The Hall–Kier alpha value is -2.11. The molecule has 0 N–H and O–H groups in total. The molecule has 0 aliphatic carbocycles. The van der Waals surface area contributed by atoms with Crippen molar-refractivity contribution in [3.05, 3.63) is 72.3 Å². The van der Waals surface area contributed by atoms with Gasteiger partial charge in [-0.2, -0.15) is 13.2 Å². The summed E-state index contributed by atoms with van der Waals surface area (Å²) in [6.07, 6.45) is -2.56. The molecule has 0 fully saturated rings. The Kier molecular flexibility index (Phi) is 5.58. The van der Waals surface area contributed by atoms with Crippen molar-refractivity contribution in [3.63, 3.8) is 0 Å². The summed E-state index contributed by atoms with van der Waals surface area (Å²) in [4.78, 5) is 0. The number of hydrogen-bond donors (Lipinski definition) is 0. The van der Waals surface area contributed by atoms with Crippen LogP contribution < -0.4 is 10.9 Å². The smallest absolute Gasteiger partial charge is 0.207 e. The molecule has 0 aliphatic heterocycles. The standard InChI is InChI=1S/C17H14BF5/c19-15-8-6-13(7-9-15)18(11-2-1-10-17(21,22)23)14-4-3-5-16(20)12-14/h1,3-10,12H,2,11H2. The van der Waals surface area contributed by atoms with Crippen LogP contribution in [-0.2, 0) is 0 Å². The lowest BCUT2D eigenvalue weighted by atomic mass is 9.38. The van der Waals surface area contributed by atoms with E-state index in [0.717, 1.165) is 11.5 Å². The highest BCUT2D eigenvalue weighted by molar-refractivity contribution is 6.85. The Labute approximate surface area is 131 Å². The minimum Gasteiger partial charge on any atom is -0.207 e. The first-order valence-electron chi connectivity index (χ1n) is 7.10. The highest BCUT2D eigenvalue weighted by Crippen LogP contribution is 2.16. The summed E-state index contributed by atoms with van der Waals surface area (Å²) in [5.74, 6) is -0.816. The fraction of sp³-hybridized carbons (Fsp3) is 0.176. The predicted molar refractivity (Wildman–Crippen MR) is 82.4 cm³/mol. The van der Waals surface area contributed by atoms with Crippen molar-refractivity contribution >= 4 is 17.6 Å². The van der Waals surface area contributed by atoms with Gasteiger partial charge in [-0.05, 0) is 30.7 Å². The second-order valence-electron chi connectivity index (χ2n) is 5.18. The van der Waals surface area contributed by atoms with Crippen LogP contribution in [0.4, 0.5) is 22.0 Å². The molecule has 0 amide bonds. The zero-order valence-electron chi connectivity index (χ0n) is 12.2. The van der Waals surface area contributed by atoms with E-state index in [1.165, 1.54) is 24.3 Å². The van der Waals surface area contributed by atoms with Gasteiger partial charge in [0.25, 0.3) is 0 Å². The molecule has 23 heavy (non-hydrogen) atoms. The second-order valence-corrected chi connectivity index (χ2v) is 5.18. The summed E-state index contributed by atoms with van der Waals surface area (Å²) in [6.45, 7) is -0.302. The quantitative estimate of drug-likeness (QED) is 0.442. The highest BCUT2D eigenvalue weighted by Gasteiger charge is 2.22. The number of benzene rings is 2. The molecule has 6 heteroatoms. The van der Waals surface area contributed by atoms with Gasteiger partial charge < -0.3 is 0 Å². The maximum Gasteiger partial charge on any atom is 0.409 e. The molecule has 0 aliphatic rings. The van der Waals surface area contributed by atoms with Crippen LogP contribution in [0.15, 0.2) is 60.7 Å². The summed E-state index contributed by atoms with van der Waals surface area (Å²) in [5, 5.41) is 0. The molecule has 2 rings (SSSR count). The maximum atomic E-state index is 13.4. The van der Waals surface area contributed by atoms with Gasteiger partial charge >= 0.3 is 6.18 Å². The predicted octanol–water partition coefficient (Wildman–Crippen LogP) is 4.08. The number of halogens is 5. The molecule has 0 atom stereocenters. The van der Waals surface area contributed by atoms with Crippen molar-refractivity contribution in [3.8, 4) is 0 Å². The molecule has 0 radical (unpaired) electrons. The number of allylic oxidation sites excluding steroid dienone is 2. The zero-order chi connectivity index (χ0) is 16.9. The maximum absolute atomic E-state index is 13.4. The summed E-state index contributed by atoms with van der Waals surface area (Å²) >= 11 is 0. The van der Waals surface area contributed by atoms with E-state index in [1.807, 2.05) is 0 Å². The fourth-order valence-electron chi connectivity index (χ4n) is 2.42. The van der Waals surface area contributed by atoms with E-state index in [9.17, 15) is 22.0 Å². The summed E-state index contributed by atoms with van der Waals surface area (Å²) < 4.78 is 62.9. The van der Waals surface area contributed by atoms with Gasteiger partial charge in [-0.3, -0.25) is 0 Å². The minimum atomic E-state index is -4.34. The highest BCUT2D eigenvalue weighted by atomic mass is 19.4. The number of hydrogen-bond acceptors (Lipinski definition) is 0. The largest absolute Gasteiger partial charge is 0.409 e. The van der Waals surface area contributed by atoms with Gasteiger partial charge in [0.2, 0.25) is 6.71 Å². The SMILES string of the molecule is Fc1ccc(B(CCC=CC(F)(F)F)c2cccc(F)c2)cc1. The molecule has 0 unspecified atom stereocenters. The number of rotatable bonds is 5. The first-order chi connectivity index (χ1) is 10.8. The summed E-state index contributed by atoms with van der Waals surface area (Å²) in [7, 11) is 0. The van der Waals surface area contributed by atoms with Crippen LogP contribution >= 0.6 is 0 Å². The van der Waals surface area contributed by atoms with Crippen molar-refractivity contribution in [2.45, 2.75) is 18.9 Å². The molecule has 2 aromatic rings.